The molecule has 3 N–H and O–H groups in total. The average Bonchev–Trinajstić information content (AvgIpc) is 3.01. The molecule has 3 aromatic rings. The van der Waals surface area contributed by atoms with Crippen LogP contribution in [0.1, 0.15) is 21.7 Å². The number of primary amides is 1. The van der Waals surface area contributed by atoms with E-state index in [4.69, 9.17) is 10.2 Å². The molecule has 0 spiro atoms. The predicted molar refractivity (Wildman–Crippen MR) is 113 cm³/mol. The van der Waals surface area contributed by atoms with Crippen molar-refractivity contribution < 1.29 is 23.6 Å². The van der Waals surface area contributed by atoms with Gasteiger partial charge in [0.1, 0.15) is 23.5 Å². The lowest BCUT2D eigenvalue weighted by Crippen LogP contribution is -2.60. The van der Waals surface area contributed by atoms with E-state index in [1.807, 2.05) is 36.4 Å². The van der Waals surface area contributed by atoms with E-state index in [2.05, 4.69) is 12.1 Å². The number of carbonyl (C=O) groups is 2. The molecule has 152 valence electrons. The van der Waals surface area contributed by atoms with Crippen molar-refractivity contribution in [1.29, 1.82) is 0 Å². The van der Waals surface area contributed by atoms with Crippen LogP contribution in [0, 0.1) is 6.92 Å². The van der Waals surface area contributed by atoms with Crippen molar-refractivity contribution in [1.82, 2.24) is 0 Å². The van der Waals surface area contributed by atoms with Crippen LogP contribution in [0.2, 0.25) is 0 Å². The second-order valence-electron chi connectivity index (χ2n) is 7.41. The van der Waals surface area contributed by atoms with E-state index in [1.54, 1.807) is 32.8 Å². The minimum atomic E-state index is -1.04. The standard InChI is InChI=1S/C22H24N2O4S/c1-14-20(22(27)24(2,3)18(12-25)21(23)26)17-11-16(9-10-19(17)28-14)29-13-15-7-5-4-6-8-15/h4-11,18,25H,12-13H2,1-3H3,(H-,23,26)/p+1. The van der Waals surface area contributed by atoms with Gasteiger partial charge in [0.15, 0.2) is 6.04 Å². The summed E-state index contributed by atoms with van der Waals surface area (Å²) < 4.78 is 5.40. The van der Waals surface area contributed by atoms with E-state index in [9.17, 15) is 14.7 Å². The topological polar surface area (TPSA) is 93.5 Å². The van der Waals surface area contributed by atoms with Gasteiger partial charge >= 0.3 is 5.91 Å². The molecule has 3 rings (SSSR count). The first-order chi connectivity index (χ1) is 13.8. The number of rotatable bonds is 7. The molecule has 0 saturated heterocycles. The second-order valence-corrected chi connectivity index (χ2v) is 8.46. The van der Waals surface area contributed by atoms with Crippen LogP contribution in [0.5, 0.6) is 0 Å². The molecule has 0 fully saturated rings. The van der Waals surface area contributed by atoms with Gasteiger partial charge in [0.05, 0.1) is 14.1 Å². The zero-order valence-electron chi connectivity index (χ0n) is 16.7. The quantitative estimate of drug-likeness (QED) is 0.459. The van der Waals surface area contributed by atoms with Gasteiger partial charge in [-0.25, -0.2) is 9.28 Å². The molecule has 29 heavy (non-hydrogen) atoms. The normalized spacial score (nSPS) is 12.8. The number of carbonyl (C=O) groups excluding carboxylic acids is 2. The molecule has 0 aliphatic carbocycles. The summed E-state index contributed by atoms with van der Waals surface area (Å²) in [5.74, 6) is 0.227. The van der Waals surface area contributed by atoms with Gasteiger partial charge in [0.25, 0.3) is 5.91 Å². The molecule has 1 unspecified atom stereocenters. The smallest absolute Gasteiger partial charge is 0.350 e. The van der Waals surface area contributed by atoms with Crippen LogP contribution in [-0.4, -0.2) is 48.1 Å². The molecule has 2 aromatic carbocycles. The molecule has 6 nitrogen and oxygen atoms in total. The Morgan fingerprint density at radius 1 is 1.17 bits per heavy atom. The third-order valence-electron chi connectivity index (χ3n) is 5.10. The number of thioether (sulfide) groups is 1. The molecule has 0 aliphatic heterocycles. The van der Waals surface area contributed by atoms with Crippen LogP contribution in [0.15, 0.2) is 57.8 Å². The van der Waals surface area contributed by atoms with Crippen LogP contribution in [0.3, 0.4) is 0 Å². The van der Waals surface area contributed by atoms with Gasteiger partial charge in [0, 0.05) is 16.0 Å². The molecule has 2 amide bonds. The molecular weight excluding hydrogens is 388 g/mol. The maximum Gasteiger partial charge on any atom is 0.350 e. The van der Waals surface area contributed by atoms with Crippen molar-refractivity contribution in [2.75, 3.05) is 20.7 Å². The Labute approximate surface area is 173 Å². The van der Waals surface area contributed by atoms with E-state index in [1.165, 1.54) is 5.56 Å². The largest absolute Gasteiger partial charge is 0.460 e. The van der Waals surface area contributed by atoms with Crippen molar-refractivity contribution in [2.45, 2.75) is 23.6 Å². The van der Waals surface area contributed by atoms with E-state index in [0.29, 0.717) is 22.3 Å². The number of nitrogens with two attached hydrogens (primary N) is 1. The first-order valence-corrected chi connectivity index (χ1v) is 10.2. The van der Waals surface area contributed by atoms with Crippen LogP contribution < -0.4 is 5.73 Å². The van der Waals surface area contributed by atoms with Crippen molar-refractivity contribution in [3.63, 3.8) is 0 Å². The number of benzene rings is 2. The highest BCUT2D eigenvalue weighted by Crippen LogP contribution is 2.33. The number of likely N-dealkylation sites (N-methyl/N-ethyl adjacent to an activating group) is 1. The van der Waals surface area contributed by atoms with Gasteiger partial charge in [-0.3, -0.25) is 4.79 Å². The minimum Gasteiger partial charge on any atom is -0.460 e. The monoisotopic (exact) mass is 413 g/mol. The lowest BCUT2D eigenvalue weighted by Gasteiger charge is -2.32. The predicted octanol–water partition coefficient (Wildman–Crippen LogP) is 3.10. The van der Waals surface area contributed by atoms with Crippen molar-refractivity contribution in [3.05, 3.63) is 65.4 Å². The Morgan fingerprint density at radius 3 is 2.48 bits per heavy atom. The molecule has 7 heteroatoms. The number of hydrogen-bond acceptors (Lipinski definition) is 5. The molecule has 0 radical (unpaired) electrons. The summed E-state index contributed by atoms with van der Waals surface area (Å²) in [6.45, 7) is 1.21. The summed E-state index contributed by atoms with van der Waals surface area (Å²) in [6.07, 6.45) is 0. The zero-order valence-corrected chi connectivity index (χ0v) is 17.5. The van der Waals surface area contributed by atoms with Crippen molar-refractivity contribution in [3.8, 4) is 0 Å². The second kappa shape index (κ2) is 8.41. The number of fused-ring (bicyclic) bond motifs is 1. The van der Waals surface area contributed by atoms with Crippen LogP contribution in [0.25, 0.3) is 11.0 Å². The maximum absolute atomic E-state index is 13.3. The molecule has 1 aromatic heterocycles. The SMILES string of the molecule is Cc1oc2ccc(SCc3ccccc3)cc2c1C(=O)[N+](C)(C)C(CO)C(N)=O. The summed E-state index contributed by atoms with van der Waals surface area (Å²) in [5.41, 5.74) is 7.63. The van der Waals surface area contributed by atoms with E-state index in [-0.39, 0.29) is 10.4 Å². The van der Waals surface area contributed by atoms with Crippen LogP contribution in [-0.2, 0) is 10.5 Å². The van der Waals surface area contributed by atoms with Crippen LogP contribution in [0.4, 0.5) is 0 Å². The minimum absolute atomic E-state index is 0.329. The highest BCUT2D eigenvalue weighted by atomic mass is 32.2. The molecule has 1 atom stereocenters. The molecule has 0 bridgehead atoms. The first-order valence-electron chi connectivity index (χ1n) is 9.24. The Morgan fingerprint density at radius 2 is 1.86 bits per heavy atom. The Kier molecular flexibility index (Phi) is 6.12. The Hall–Kier alpha value is -2.61. The fourth-order valence-electron chi connectivity index (χ4n) is 3.34. The number of quaternary nitrogens is 1. The Bertz CT molecular complexity index is 1040. The van der Waals surface area contributed by atoms with Gasteiger partial charge in [0.2, 0.25) is 0 Å². The average molecular weight is 414 g/mol. The maximum atomic E-state index is 13.3. The third kappa shape index (κ3) is 4.22. The highest BCUT2D eigenvalue weighted by molar-refractivity contribution is 7.98. The van der Waals surface area contributed by atoms with Gasteiger partial charge in [-0.2, -0.15) is 0 Å². The lowest BCUT2D eigenvalue weighted by molar-refractivity contribution is -0.825. The summed E-state index contributed by atoms with van der Waals surface area (Å²) >= 11 is 1.67. The van der Waals surface area contributed by atoms with Gasteiger partial charge in [-0.15, -0.1) is 11.8 Å². The lowest BCUT2D eigenvalue weighted by atomic mass is 10.1. The zero-order chi connectivity index (χ0) is 21.2. The fourth-order valence-corrected chi connectivity index (χ4v) is 4.23. The summed E-state index contributed by atoms with van der Waals surface area (Å²) in [7, 11) is 3.14. The number of aliphatic hydroxyl groups excluding tert-OH is 1. The number of amides is 2. The molecule has 1 heterocycles. The van der Waals surface area contributed by atoms with Crippen molar-refractivity contribution >= 4 is 34.5 Å². The Balaban J connectivity index is 1.96. The van der Waals surface area contributed by atoms with Crippen LogP contribution >= 0.6 is 11.8 Å². The number of furan rings is 1. The van der Waals surface area contributed by atoms with E-state index >= 15 is 0 Å². The highest BCUT2D eigenvalue weighted by Gasteiger charge is 2.42. The third-order valence-corrected chi connectivity index (χ3v) is 6.17. The van der Waals surface area contributed by atoms with Gasteiger partial charge in [-0.1, -0.05) is 30.3 Å². The van der Waals surface area contributed by atoms with E-state index < -0.39 is 18.6 Å². The molecule has 0 saturated carbocycles. The van der Waals surface area contributed by atoms with Crippen molar-refractivity contribution in [2.24, 2.45) is 5.73 Å². The number of nitrogens with zero attached hydrogens (tertiary/aromatic N) is 1. The fraction of sp³-hybridized carbons (Fsp3) is 0.273. The molecule has 0 aliphatic rings. The van der Waals surface area contributed by atoms with E-state index in [0.717, 1.165) is 10.6 Å². The number of hydrogen-bond donors (Lipinski definition) is 2. The number of aliphatic hydroxyl groups is 1. The first kappa shape index (κ1) is 21.1. The summed E-state index contributed by atoms with van der Waals surface area (Å²) in [4.78, 5) is 26.1. The van der Waals surface area contributed by atoms with Gasteiger partial charge < -0.3 is 15.3 Å². The molecular formula is C22H25N2O4S+. The summed E-state index contributed by atoms with van der Waals surface area (Å²) in [5, 5.41) is 10.3. The van der Waals surface area contributed by atoms with Gasteiger partial charge in [-0.05, 0) is 30.7 Å². The summed E-state index contributed by atoms with van der Waals surface area (Å²) in [6, 6.07) is 14.8. The number of aryl methyl sites for hydroxylation is 1.